The number of ether oxygens (including phenoxy) is 1. The SMILES string of the molecule is CCC(Oc1cccc2ccccc12)C(=O)NC(C)C. The molecule has 1 N–H and O–H groups in total. The predicted molar refractivity (Wildman–Crippen MR) is 81.9 cm³/mol. The number of hydrogen-bond donors (Lipinski definition) is 1. The molecule has 0 aliphatic rings. The van der Waals surface area contributed by atoms with Gasteiger partial charge in [0.15, 0.2) is 6.10 Å². The first kappa shape index (κ1) is 14.4. The summed E-state index contributed by atoms with van der Waals surface area (Å²) in [7, 11) is 0. The molecule has 20 heavy (non-hydrogen) atoms. The maximum Gasteiger partial charge on any atom is 0.261 e. The molecule has 0 heterocycles. The Hall–Kier alpha value is -2.03. The van der Waals surface area contributed by atoms with E-state index in [1.807, 2.05) is 63.2 Å². The van der Waals surface area contributed by atoms with E-state index in [4.69, 9.17) is 4.74 Å². The Morgan fingerprint density at radius 2 is 1.85 bits per heavy atom. The fraction of sp³-hybridized carbons (Fsp3) is 0.353. The summed E-state index contributed by atoms with van der Waals surface area (Å²) in [5, 5.41) is 5.05. The number of hydrogen-bond acceptors (Lipinski definition) is 2. The summed E-state index contributed by atoms with van der Waals surface area (Å²) in [4.78, 5) is 12.1. The van der Waals surface area contributed by atoms with Gasteiger partial charge in [-0.2, -0.15) is 0 Å². The monoisotopic (exact) mass is 271 g/mol. The first-order valence-electron chi connectivity index (χ1n) is 7.06. The quantitative estimate of drug-likeness (QED) is 0.903. The van der Waals surface area contributed by atoms with Crippen molar-refractivity contribution in [1.82, 2.24) is 5.32 Å². The molecule has 2 aromatic rings. The molecule has 1 unspecified atom stereocenters. The summed E-state index contributed by atoms with van der Waals surface area (Å²) >= 11 is 0. The molecule has 2 rings (SSSR count). The molecule has 1 amide bonds. The lowest BCUT2D eigenvalue weighted by atomic mass is 10.1. The van der Waals surface area contributed by atoms with Crippen LogP contribution in [-0.4, -0.2) is 18.1 Å². The number of carbonyl (C=O) groups is 1. The lowest BCUT2D eigenvalue weighted by molar-refractivity contribution is -0.128. The van der Waals surface area contributed by atoms with Crippen LogP contribution < -0.4 is 10.1 Å². The fourth-order valence-corrected chi connectivity index (χ4v) is 2.15. The molecule has 0 bridgehead atoms. The third-order valence-corrected chi connectivity index (χ3v) is 3.11. The van der Waals surface area contributed by atoms with Crippen molar-refractivity contribution >= 4 is 16.7 Å². The van der Waals surface area contributed by atoms with Gasteiger partial charge in [-0.15, -0.1) is 0 Å². The van der Waals surface area contributed by atoms with E-state index in [2.05, 4.69) is 5.32 Å². The van der Waals surface area contributed by atoms with Crippen molar-refractivity contribution in [2.24, 2.45) is 0 Å². The maximum atomic E-state index is 12.1. The van der Waals surface area contributed by atoms with E-state index in [1.165, 1.54) is 0 Å². The van der Waals surface area contributed by atoms with Gasteiger partial charge in [-0.05, 0) is 31.7 Å². The molecule has 0 saturated carbocycles. The molecule has 106 valence electrons. The molecule has 1 atom stereocenters. The van der Waals surface area contributed by atoms with Crippen molar-refractivity contribution in [3.05, 3.63) is 42.5 Å². The van der Waals surface area contributed by atoms with Crippen LogP contribution in [0.15, 0.2) is 42.5 Å². The minimum absolute atomic E-state index is 0.0598. The van der Waals surface area contributed by atoms with Crippen molar-refractivity contribution in [3.63, 3.8) is 0 Å². The average Bonchev–Trinajstić information content (AvgIpc) is 2.44. The molecule has 0 spiro atoms. The van der Waals surface area contributed by atoms with Gasteiger partial charge in [0.1, 0.15) is 5.75 Å². The highest BCUT2D eigenvalue weighted by atomic mass is 16.5. The second kappa shape index (κ2) is 6.42. The van der Waals surface area contributed by atoms with Crippen molar-refractivity contribution in [3.8, 4) is 5.75 Å². The van der Waals surface area contributed by atoms with Crippen LogP contribution in [0.2, 0.25) is 0 Å². The molecule has 0 fully saturated rings. The number of rotatable bonds is 5. The summed E-state index contributed by atoms with van der Waals surface area (Å²) in [6.45, 7) is 5.85. The highest BCUT2D eigenvalue weighted by Crippen LogP contribution is 2.26. The molecule has 0 aliphatic heterocycles. The second-order valence-electron chi connectivity index (χ2n) is 5.16. The Bertz CT molecular complexity index is 587. The summed E-state index contributed by atoms with van der Waals surface area (Å²) in [6.07, 6.45) is 0.185. The van der Waals surface area contributed by atoms with Crippen molar-refractivity contribution < 1.29 is 9.53 Å². The van der Waals surface area contributed by atoms with Crippen LogP contribution in [0.4, 0.5) is 0 Å². The van der Waals surface area contributed by atoms with Gasteiger partial charge in [-0.3, -0.25) is 4.79 Å². The third-order valence-electron chi connectivity index (χ3n) is 3.11. The van der Waals surface area contributed by atoms with Crippen molar-refractivity contribution in [2.45, 2.75) is 39.3 Å². The second-order valence-corrected chi connectivity index (χ2v) is 5.16. The van der Waals surface area contributed by atoms with E-state index in [1.54, 1.807) is 0 Å². The van der Waals surface area contributed by atoms with Gasteiger partial charge in [-0.25, -0.2) is 0 Å². The van der Waals surface area contributed by atoms with E-state index in [0.717, 1.165) is 16.5 Å². The van der Waals surface area contributed by atoms with Gasteiger partial charge in [0.25, 0.3) is 5.91 Å². The maximum absolute atomic E-state index is 12.1. The van der Waals surface area contributed by atoms with Crippen LogP contribution in [-0.2, 0) is 4.79 Å². The standard InChI is InChI=1S/C17H21NO2/c1-4-15(17(19)18-12(2)3)20-16-11-7-9-13-8-5-6-10-14(13)16/h5-12,15H,4H2,1-3H3,(H,18,19). The van der Waals surface area contributed by atoms with Gasteiger partial charge in [-0.1, -0.05) is 43.3 Å². The lowest BCUT2D eigenvalue weighted by Crippen LogP contribution is -2.41. The topological polar surface area (TPSA) is 38.3 Å². The normalized spacial score (nSPS) is 12.4. The largest absolute Gasteiger partial charge is 0.480 e. The third kappa shape index (κ3) is 3.29. The minimum Gasteiger partial charge on any atom is -0.480 e. The summed E-state index contributed by atoms with van der Waals surface area (Å²) in [5.41, 5.74) is 0. The van der Waals surface area contributed by atoms with E-state index >= 15 is 0 Å². The Morgan fingerprint density at radius 3 is 2.55 bits per heavy atom. The molecule has 0 aromatic heterocycles. The van der Waals surface area contributed by atoms with Crippen molar-refractivity contribution in [2.75, 3.05) is 0 Å². The van der Waals surface area contributed by atoms with Crippen LogP contribution in [0.5, 0.6) is 5.75 Å². The number of nitrogens with one attached hydrogen (secondary N) is 1. The Kier molecular flexibility index (Phi) is 4.61. The summed E-state index contributed by atoms with van der Waals surface area (Å²) < 4.78 is 5.93. The Labute approximate surface area is 119 Å². The zero-order chi connectivity index (χ0) is 14.5. The van der Waals surface area contributed by atoms with Gasteiger partial charge < -0.3 is 10.1 Å². The zero-order valence-corrected chi connectivity index (χ0v) is 12.2. The lowest BCUT2D eigenvalue weighted by Gasteiger charge is -2.19. The zero-order valence-electron chi connectivity index (χ0n) is 12.2. The molecule has 3 nitrogen and oxygen atoms in total. The number of amides is 1. The minimum atomic E-state index is -0.455. The van der Waals surface area contributed by atoms with Crippen LogP contribution in [0.3, 0.4) is 0 Å². The molecule has 0 radical (unpaired) electrons. The molecule has 3 heteroatoms. The van der Waals surface area contributed by atoms with Crippen LogP contribution in [0.1, 0.15) is 27.2 Å². The highest BCUT2D eigenvalue weighted by Gasteiger charge is 2.19. The fourth-order valence-electron chi connectivity index (χ4n) is 2.15. The van der Waals surface area contributed by atoms with Gasteiger partial charge in [0.2, 0.25) is 0 Å². The van der Waals surface area contributed by atoms with E-state index in [-0.39, 0.29) is 11.9 Å². The number of carbonyl (C=O) groups excluding carboxylic acids is 1. The van der Waals surface area contributed by atoms with E-state index in [0.29, 0.717) is 6.42 Å². The molecule has 0 saturated heterocycles. The summed E-state index contributed by atoms with van der Waals surface area (Å²) in [5.74, 6) is 0.698. The predicted octanol–water partition coefficient (Wildman–Crippen LogP) is 3.52. The first-order chi connectivity index (χ1) is 9.61. The highest BCUT2D eigenvalue weighted by molar-refractivity contribution is 5.89. The smallest absolute Gasteiger partial charge is 0.261 e. The van der Waals surface area contributed by atoms with Gasteiger partial charge in [0.05, 0.1) is 0 Å². The Balaban J connectivity index is 2.23. The number of benzene rings is 2. The summed E-state index contributed by atoms with van der Waals surface area (Å²) in [6, 6.07) is 14.0. The molecular formula is C17H21NO2. The molecular weight excluding hydrogens is 250 g/mol. The van der Waals surface area contributed by atoms with Crippen LogP contribution in [0.25, 0.3) is 10.8 Å². The average molecular weight is 271 g/mol. The van der Waals surface area contributed by atoms with E-state index in [9.17, 15) is 4.79 Å². The Morgan fingerprint density at radius 1 is 1.15 bits per heavy atom. The van der Waals surface area contributed by atoms with Crippen LogP contribution >= 0.6 is 0 Å². The molecule has 0 aliphatic carbocycles. The van der Waals surface area contributed by atoms with Gasteiger partial charge in [0, 0.05) is 11.4 Å². The van der Waals surface area contributed by atoms with E-state index < -0.39 is 6.10 Å². The first-order valence-corrected chi connectivity index (χ1v) is 7.06. The van der Waals surface area contributed by atoms with Gasteiger partial charge >= 0.3 is 0 Å². The number of fused-ring (bicyclic) bond motifs is 1. The van der Waals surface area contributed by atoms with Crippen molar-refractivity contribution in [1.29, 1.82) is 0 Å². The van der Waals surface area contributed by atoms with Crippen LogP contribution in [0, 0.1) is 0 Å². The molecule has 2 aromatic carbocycles.